The summed E-state index contributed by atoms with van der Waals surface area (Å²) in [5, 5.41) is 8.79. The van der Waals surface area contributed by atoms with E-state index in [4.69, 9.17) is 15.2 Å². The molecular formula is C18H16N4O3S. The number of carbonyl (C=O) groups excluding carboxylic acids is 1. The van der Waals surface area contributed by atoms with Crippen LogP contribution in [0.5, 0.6) is 11.5 Å². The van der Waals surface area contributed by atoms with Gasteiger partial charge in [0.25, 0.3) is 0 Å². The number of benzene rings is 2. The molecule has 0 aliphatic carbocycles. The average Bonchev–Trinajstić information content (AvgIpc) is 3.28. The van der Waals surface area contributed by atoms with Gasteiger partial charge >= 0.3 is 0 Å². The van der Waals surface area contributed by atoms with Crippen LogP contribution in [0.25, 0.3) is 17.1 Å². The summed E-state index contributed by atoms with van der Waals surface area (Å²) in [5.41, 5.74) is 7.13. The zero-order chi connectivity index (χ0) is 18.1. The Kier molecular flexibility index (Phi) is 4.26. The predicted octanol–water partition coefficient (Wildman–Crippen LogP) is 2.63. The van der Waals surface area contributed by atoms with Gasteiger partial charge in [-0.2, -0.15) is 0 Å². The third-order valence-corrected chi connectivity index (χ3v) is 5.02. The Balaban J connectivity index is 1.82. The zero-order valence-electron chi connectivity index (χ0n) is 14.0. The first kappa shape index (κ1) is 16.5. The van der Waals surface area contributed by atoms with Crippen molar-refractivity contribution in [2.75, 3.05) is 6.79 Å². The monoisotopic (exact) mass is 368 g/mol. The largest absolute Gasteiger partial charge is 0.454 e. The Morgan fingerprint density at radius 2 is 1.92 bits per heavy atom. The van der Waals surface area contributed by atoms with Crippen molar-refractivity contribution in [3.05, 3.63) is 48.5 Å². The molecule has 26 heavy (non-hydrogen) atoms. The Morgan fingerprint density at radius 3 is 2.69 bits per heavy atom. The molecule has 1 atom stereocenters. The van der Waals surface area contributed by atoms with Gasteiger partial charge in [0, 0.05) is 11.3 Å². The van der Waals surface area contributed by atoms with Gasteiger partial charge in [0.2, 0.25) is 12.7 Å². The van der Waals surface area contributed by atoms with E-state index in [1.165, 1.54) is 11.8 Å². The normalized spacial score (nSPS) is 13.6. The van der Waals surface area contributed by atoms with E-state index in [1.807, 2.05) is 53.1 Å². The smallest absolute Gasteiger partial charge is 0.231 e. The Labute approximate surface area is 154 Å². The fourth-order valence-corrected chi connectivity index (χ4v) is 3.41. The first-order chi connectivity index (χ1) is 12.6. The Hall–Kier alpha value is -3.00. The molecule has 1 amide bonds. The summed E-state index contributed by atoms with van der Waals surface area (Å²) in [7, 11) is 0. The molecule has 7 nitrogen and oxygen atoms in total. The number of thioether (sulfide) groups is 1. The molecule has 132 valence electrons. The molecule has 4 rings (SSSR count). The summed E-state index contributed by atoms with van der Waals surface area (Å²) in [4.78, 5) is 11.5. The highest BCUT2D eigenvalue weighted by molar-refractivity contribution is 8.00. The van der Waals surface area contributed by atoms with E-state index in [9.17, 15) is 4.79 Å². The van der Waals surface area contributed by atoms with Crippen molar-refractivity contribution in [3.8, 4) is 28.6 Å². The van der Waals surface area contributed by atoms with Crippen LogP contribution < -0.4 is 15.2 Å². The molecule has 1 aliphatic rings. The number of nitrogens with zero attached hydrogens (tertiary/aromatic N) is 3. The second-order valence-corrected chi connectivity index (χ2v) is 7.02. The average molecular weight is 368 g/mol. The number of para-hydroxylation sites is 1. The molecule has 0 radical (unpaired) electrons. The van der Waals surface area contributed by atoms with Crippen molar-refractivity contribution in [2.24, 2.45) is 5.73 Å². The SMILES string of the molecule is CC(Sc1nnc(-c2ccc3c(c2)OCO3)n1-c1ccccc1)C(N)=O. The standard InChI is InChI=1S/C18H16N4O3S/c1-11(16(19)23)26-18-21-20-17(22(18)13-5-3-2-4-6-13)12-7-8-14-15(9-12)25-10-24-14/h2-9,11H,10H2,1H3,(H2,19,23). The van der Waals surface area contributed by atoms with Crippen LogP contribution in [0.1, 0.15) is 6.92 Å². The minimum absolute atomic E-state index is 0.210. The second-order valence-electron chi connectivity index (χ2n) is 5.71. The summed E-state index contributed by atoms with van der Waals surface area (Å²) in [6.07, 6.45) is 0. The lowest BCUT2D eigenvalue weighted by Gasteiger charge is -2.12. The van der Waals surface area contributed by atoms with Gasteiger partial charge in [0.15, 0.2) is 22.5 Å². The summed E-state index contributed by atoms with van der Waals surface area (Å²) >= 11 is 1.27. The van der Waals surface area contributed by atoms with Gasteiger partial charge in [-0.1, -0.05) is 30.0 Å². The Bertz CT molecular complexity index is 958. The number of carbonyl (C=O) groups is 1. The van der Waals surface area contributed by atoms with Crippen molar-refractivity contribution in [1.29, 1.82) is 0 Å². The highest BCUT2D eigenvalue weighted by Gasteiger charge is 2.22. The van der Waals surface area contributed by atoms with Crippen LogP contribution in [-0.2, 0) is 4.79 Å². The molecule has 8 heteroatoms. The lowest BCUT2D eigenvalue weighted by atomic mass is 10.2. The quantitative estimate of drug-likeness (QED) is 0.696. The number of hydrogen-bond donors (Lipinski definition) is 1. The molecule has 2 aromatic carbocycles. The summed E-state index contributed by atoms with van der Waals surface area (Å²) in [6.45, 7) is 1.96. The third-order valence-electron chi connectivity index (χ3n) is 3.96. The molecule has 0 spiro atoms. The third kappa shape index (κ3) is 2.99. The van der Waals surface area contributed by atoms with Crippen molar-refractivity contribution < 1.29 is 14.3 Å². The molecule has 0 fully saturated rings. The van der Waals surface area contributed by atoms with Gasteiger partial charge < -0.3 is 15.2 Å². The van der Waals surface area contributed by atoms with E-state index in [1.54, 1.807) is 6.92 Å². The van der Waals surface area contributed by atoms with Crippen LogP contribution in [0.3, 0.4) is 0 Å². The number of rotatable bonds is 5. The van der Waals surface area contributed by atoms with Crippen LogP contribution in [0.4, 0.5) is 0 Å². The van der Waals surface area contributed by atoms with Gasteiger partial charge in [0.1, 0.15) is 0 Å². The molecule has 1 unspecified atom stereocenters. The minimum atomic E-state index is -0.425. The number of hydrogen-bond acceptors (Lipinski definition) is 6. The molecule has 1 aromatic heterocycles. The van der Waals surface area contributed by atoms with E-state index in [2.05, 4.69) is 10.2 Å². The molecule has 1 aliphatic heterocycles. The van der Waals surface area contributed by atoms with E-state index >= 15 is 0 Å². The molecule has 0 saturated carbocycles. The van der Waals surface area contributed by atoms with Gasteiger partial charge in [-0.25, -0.2) is 0 Å². The van der Waals surface area contributed by atoms with Crippen molar-refractivity contribution in [3.63, 3.8) is 0 Å². The van der Waals surface area contributed by atoms with Crippen LogP contribution in [-0.4, -0.2) is 32.7 Å². The number of fused-ring (bicyclic) bond motifs is 1. The maximum atomic E-state index is 11.5. The fourth-order valence-electron chi connectivity index (χ4n) is 2.59. The lowest BCUT2D eigenvalue weighted by molar-refractivity contribution is -0.117. The fraction of sp³-hybridized carbons (Fsp3) is 0.167. The van der Waals surface area contributed by atoms with Crippen molar-refractivity contribution in [2.45, 2.75) is 17.3 Å². The van der Waals surface area contributed by atoms with Crippen LogP contribution in [0, 0.1) is 0 Å². The number of ether oxygens (including phenoxy) is 2. The number of primary amides is 1. The van der Waals surface area contributed by atoms with E-state index in [0.717, 1.165) is 11.3 Å². The predicted molar refractivity (Wildman–Crippen MR) is 97.4 cm³/mol. The highest BCUT2D eigenvalue weighted by Crippen LogP contribution is 2.37. The maximum Gasteiger partial charge on any atom is 0.231 e. The first-order valence-electron chi connectivity index (χ1n) is 8.00. The second kappa shape index (κ2) is 6.72. The summed E-state index contributed by atoms with van der Waals surface area (Å²) in [6, 6.07) is 15.3. The van der Waals surface area contributed by atoms with Gasteiger partial charge in [-0.3, -0.25) is 9.36 Å². The number of aromatic nitrogens is 3. The van der Waals surface area contributed by atoms with Crippen molar-refractivity contribution >= 4 is 17.7 Å². The van der Waals surface area contributed by atoms with Crippen LogP contribution in [0.15, 0.2) is 53.7 Å². The molecule has 0 saturated heterocycles. The summed E-state index contributed by atoms with van der Waals surface area (Å²) < 4.78 is 12.7. The van der Waals surface area contributed by atoms with E-state index in [-0.39, 0.29) is 6.79 Å². The van der Waals surface area contributed by atoms with Crippen molar-refractivity contribution in [1.82, 2.24) is 14.8 Å². The number of amides is 1. The maximum absolute atomic E-state index is 11.5. The number of nitrogens with two attached hydrogens (primary N) is 1. The van der Waals surface area contributed by atoms with E-state index in [0.29, 0.717) is 22.5 Å². The minimum Gasteiger partial charge on any atom is -0.454 e. The van der Waals surface area contributed by atoms with E-state index < -0.39 is 11.2 Å². The molecular weight excluding hydrogens is 352 g/mol. The van der Waals surface area contributed by atoms with Gasteiger partial charge in [0.05, 0.1) is 5.25 Å². The topological polar surface area (TPSA) is 92.3 Å². The Morgan fingerprint density at radius 1 is 1.15 bits per heavy atom. The van der Waals surface area contributed by atoms with Gasteiger partial charge in [-0.05, 0) is 37.3 Å². The van der Waals surface area contributed by atoms with Crippen LogP contribution >= 0.6 is 11.8 Å². The first-order valence-corrected chi connectivity index (χ1v) is 8.88. The molecule has 0 bridgehead atoms. The van der Waals surface area contributed by atoms with Gasteiger partial charge in [-0.15, -0.1) is 10.2 Å². The zero-order valence-corrected chi connectivity index (χ0v) is 14.8. The highest BCUT2D eigenvalue weighted by atomic mass is 32.2. The molecule has 2 N–H and O–H groups in total. The summed E-state index contributed by atoms with van der Waals surface area (Å²) in [5.74, 6) is 1.62. The lowest BCUT2D eigenvalue weighted by Crippen LogP contribution is -2.23. The molecule has 2 heterocycles. The van der Waals surface area contributed by atoms with Crippen LogP contribution in [0.2, 0.25) is 0 Å². The molecule has 3 aromatic rings.